The summed E-state index contributed by atoms with van der Waals surface area (Å²) >= 11 is 0. The average Bonchev–Trinajstić information content (AvgIpc) is 2.38. The van der Waals surface area contributed by atoms with E-state index in [1.54, 1.807) is 0 Å². The molecule has 0 unspecified atom stereocenters. The Bertz CT molecular complexity index is 558. The summed E-state index contributed by atoms with van der Waals surface area (Å²) in [7, 11) is 0. The second kappa shape index (κ2) is 5.82. The van der Waals surface area contributed by atoms with Crippen LogP contribution in [0.1, 0.15) is 18.1 Å². The average molecular weight is 237 g/mol. The highest BCUT2D eigenvalue weighted by atomic mass is 16.1. The van der Waals surface area contributed by atoms with Gasteiger partial charge in [0.1, 0.15) is 0 Å². The third-order valence-corrected chi connectivity index (χ3v) is 2.53. The van der Waals surface area contributed by atoms with Gasteiger partial charge in [0.05, 0.1) is 0 Å². The topological polar surface area (TPSA) is 29.1 Å². The summed E-state index contributed by atoms with van der Waals surface area (Å²) in [5.74, 6) is -0.0597. The Kier molecular flexibility index (Phi) is 3.92. The molecule has 2 aromatic rings. The summed E-state index contributed by atoms with van der Waals surface area (Å²) in [6.45, 7) is 1.51. The Labute approximate surface area is 107 Å². The number of nitrogens with one attached hydrogen (secondary N) is 1. The molecule has 0 aliphatic rings. The number of rotatable bonds is 3. The molecule has 18 heavy (non-hydrogen) atoms. The van der Waals surface area contributed by atoms with E-state index in [-0.39, 0.29) is 5.91 Å². The lowest BCUT2D eigenvalue weighted by Crippen LogP contribution is -2.06. The molecular formula is C16H15NO. The molecule has 2 heteroatoms. The van der Waals surface area contributed by atoms with Crippen molar-refractivity contribution in [2.75, 3.05) is 5.32 Å². The minimum Gasteiger partial charge on any atom is -0.326 e. The van der Waals surface area contributed by atoms with E-state index in [9.17, 15) is 4.79 Å². The molecule has 0 heterocycles. The molecule has 1 N–H and O–H groups in total. The third-order valence-electron chi connectivity index (χ3n) is 2.53. The number of hydrogen-bond acceptors (Lipinski definition) is 1. The van der Waals surface area contributed by atoms with E-state index in [1.165, 1.54) is 6.92 Å². The van der Waals surface area contributed by atoms with Crippen molar-refractivity contribution >= 4 is 23.7 Å². The second-order valence-electron chi connectivity index (χ2n) is 4.01. The Morgan fingerprint density at radius 3 is 2.33 bits per heavy atom. The Hall–Kier alpha value is -2.35. The fraction of sp³-hybridized carbons (Fsp3) is 0.0625. The van der Waals surface area contributed by atoms with Gasteiger partial charge in [0, 0.05) is 12.6 Å². The normalized spacial score (nSPS) is 10.5. The Morgan fingerprint density at radius 1 is 0.944 bits per heavy atom. The van der Waals surface area contributed by atoms with Crippen molar-refractivity contribution in [2.45, 2.75) is 6.92 Å². The molecule has 0 aliphatic heterocycles. The van der Waals surface area contributed by atoms with Crippen molar-refractivity contribution in [2.24, 2.45) is 0 Å². The monoisotopic (exact) mass is 237 g/mol. The van der Waals surface area contributed by atoms with Crippen LogP contribution in [0, 0.1) is 0 Å². The van der Waals surface area contributed by atoms with Crippen molar-refractivity contribution < 1.29 is 4.79 Å². The van der Waals surface area contributed by atoms with Crippen LogP contribution in [-0.4, -0.2) is 5.91 Å². The van der Waals surface area contributed by atoms with Crippen LogP contribution >= 0.6 is 0 Å². The van der Waals surface area contributed by atoms with Gasteiger partial charge < -0.3 is 5.32 Å². The summed E-state index contributed by atoms with van der Waals surface area (Å²) in [6.07, 6.45) is 4.03. The minimum atomic E-state index is -0.0597. The van der Waals surface area contributed by atoms with Crippen LogP contribution in [0.5, 0.6) is 0 Å². The van der Waals surface area contributed by atoms with E-state index in [4.69, 9.17) is 0 Å². The van der Waals surface area contributed by atoms with E-state index in [1.807, 2.05) is 66.7 Å². The van der Waals surface area contributed by atoms with Gasteiger partial charge in [0.2, 0.25) is 5.91 Å². The molecule has 0 atom stereocenters. The fourth-order valence-corrected chi connectivity index (χ4v) is 1.70. The van der Waals surface area contributed by atoms with Crippen LogP contribution in [-0.2, 0) is 4.79 Å². The number of carbonyl (C=O) groups excluding carboxylic acids is 1. The van der Waals surface area contributed by atoms with Crippen LogP contribution in [0.15, 0.2) is 54.6 Å². The van der Waals surface area contributed by atoms with Crippen LogP contribution in [0.2, 0.25) is 0 Å². The second-order valence-corrected chi connectivity index (χ2v) is 4.01. The van der Waals surface area contributed by atoms with Crippen molar-refractivity contribution in [1.82, 2.24) is 0 Å². The molecular weight excluding hydrogens is 222 g/mol. The number of para-hydroxylation sites is 1. The summed E-state index contributed by atoms with van der Waals surface area (Å²) < 4.78 is 0. The Morgan fingerprint density at radius 2 is 1.61 bits per heavy atom. The molecule has 0 fully saturated rings. The van der Waals surface area contributed by atoms with E-state index in [0.717, 1.165) is 16.8 Å². The zero-order chi connectivity index (χ0) is 12.8. The lowest BCUT2D eigenvalue weighted by molar-refractivity contribution is -0.114. The molecule has 0 saturated carbocycles. The molecule has 2 aromatic carbocycles. The van der Waals surface area contributed by atoms with Crippen LogP contribution < -0.4 is 5.32 Å². The lowest BCUT2D eigenvalue weighted by Gasteiger charge is -2.05. The van der Waals surface area contributed by atoms with Gasteiger partial charge in [-0.05, 0) is 17.2 Å². The maximum Gasteiger partial charge on any atom is 0.221 e. The number of anilines is 1. The number of carbonyl (C=O) groups is 1. The van der Waals surface area contributed by atoms with Crippen molar-refractivity contribution in [3.05, 3.63) is 65.7 Å². The van der Waals surface area contributed by atoms with Gasteiger partial charge in [-0.2, -0.15) is 0 Å². The van der Waals surface area contributed by atoms with Crippen molar-refractivity contribution in [3.8, 4) is 0 Å². The molecule has 90 valence electrons. The predicted octanol–water partition coefficient (Wildman–Crippen LogP) is 3.82. The van der Waals surface area contributed by atoms with Gasteiger partial charge in [0.15, 0.2) is 0 Å². The molecule has 0 spiro atoms. The van der Waals surface area contributed by atoms with Crippen LogP contribution in [0.25, 0.3) is 12.2 Å². The van der Waals surface area contributed by atoms with Crippen molar-refractivity contribution in [1.29, 1.82) is 0 Å². The summed E-state index contributed by atoms with van der Waals surface area (Å²) in [6, 6.07) is 17.8. The summed E-state index contributed by atoms with van der Waals surface area (Å²) in [5.41, 5.74) is 2.96. The van der Waals surface area contributed by atoms with Gasteiger partial charge in [-0.15, -0.1) is 0 Å². The first-order valence-electron chi connectivity index (χ1n) is 5.85. The van der Waals surface area contributed by atoms with Gasteiger partial charge in [-0.3, -0.25) is 4.79 Å². The van der Waals surface area contributed by atoms with Gasteiger partial charge in [-0.25, -0.2) is 0 Å². The molecule has 0 radical (unpaired) electrons. The zero-order valence-corrected chi connectivity index (χ0v) is 10.3. The van der Waals surface area contributed by atoms with E-state index >= 15 is 0 Å². The van der Waals surface area contributed by atoms with Gasteiger partial charge in [0.25, 0.3) is 0 Å². The van der Waals surface area contributed by atoms with E-state index in [0.29, 0.717) is 0 Å². The first-order chi connectivity index (χ1) is 8.75. The Balaban J connectivity index is 2.23. The zero-order valence-electron chi connectivity index (χ0n) is 10.3. The SMILES string of the molecule is CC(=O)Nc1ccccc1C=Cc1ccccc1. The highest BCUT2D eigenvalue weighted by Crippen LogP contribution is 2.18. The number of benzene rings is 2. The van der Waals surface area contributed by atoms with Gasteiger partial charge in [-0.1, -0.05) is 60.7 Å². The predicted molar refractivity (Wildman–Crippen MR) is 76.1 cm³/mol. The third kappa shape index (κ3) is 3.32. The van der Waals surface area contributed by atoms with Crippen LogP contribution in [0.4, 0.5) is 5.69 Å². The minimum absolute atomic E-state index is 0.0597. The van der Waals surface area contributed by atoms with Crippen LogP contribution in [0.3, 0.4) is 0 Å². The van der Waals surface area contributed by atoms with Crippen molar-refractivity contribution in [3.63, 3.8) is 0 Å². The first-order valence-corrected chi connectivity index (χ1v) is 5.85. The standard InChI is InChI=1S/C16H15NO/c1-13(18)17-16-10-6-5-9-15(16)12-11-14-7-3-2-4-8-14/h2-12H,1H3,(H,17,18). The largest absolute Gasteiger partial charge is 0.326 e. The quantitative estimate of drug-likeness (QED) is 0.808. The van der Waals surface area contributed by atoms with E-state index in [2.05, 4.69) is 5.32 Å². The molecule has 1 amide bonds. The summed E-state index contributed by atoms with van der Waals surface area (Å²) in [4.78, 5) is 11.1. The van der Waals surface area contributed by atoms with Gasteiger partial charge >= 0.3 is 0 Å². The highest BCUT2D eigenvalue weighted by Gasteiger charge is 1.99. The molecule has 0 saturated heterocycles. The summed E-state index contributed by atoms with van der Waals surface area (Å²) in [5, 5.41) is 2.82. The number of hydrogen-bond donors (Lipinski definition) is 1. The molecule has 0 aromatic heterocycles. The maximum absolute atomic E-state index is 11.1. The van der Waals surface area contributed by atoms with E-state index < -0.39 is 0 Å². The molecule has 2 rings (SSSR count). The highest BCUT2D eigenvalue weighted by molar-refractivity contribution is 5.92. The smallest absolute Gasteiger partial charge is 0.221 e. The number of amides is 1. The first kappa shape index (κ1) is 12.1. The fourth-order valence-electron chi connectivity index (χ4n) is 1.70. The lowest BCUT2D eigenvalue weighted by atomic mass is 10.1. The maximum atomic E-state index is 11.1. The molecule has 2 nitrogen and oxygen atoms in total. The molecule has 0 bridgehead atoms. The molecule has 0 aliphatic carbocycles.